The van der Waals surface area contributed by atoms with E-state index in [9.17, 15) is 13.6 Å². The monoisotopic (exact) mass is 365 g/mol. The van der Waals surface area contributed by atoms with E-state index in [-0.39, 0.29) is 18.3 Å². The van der Waals surface area contributed by atoms with Gasteiger partial charge in [-0.15, -0.1) is 0 Å². The number of rotatable bonds is 3. The molecule has 2 aromatic heterocycles. The van der Waals surface area contributed by atoms with Gasteiger partial charge in [-0.25, -0.2) is 23.5 Å². The first-order valence-corrected chi connectivity index (χ1v) is 8.02. The normalized spacial score (nSPS) is 24.7. The molecule has 9 nitrogen and oxygen atoms in total. The lowest BCUT2D eigenvalue weighted by Crippen LogP contribution is -2.35. The Labute approximate surface area is 146 Å². The maximum atomic E-state index is 14.4. The molecule has 4 rings (SSSR count). The predicted octanol–water partition coefficient (Wildman–Crippen LogP) is 0.136. The SMILES string of the molecule is Nc1ccn([C@@H]2OC(CN3Cc4cnc(N)nc4C3)CC2(F)F)c(=O)n1. The van der Waals surface area contributed by atoms with E-state index in [4.69, 9.17) is 16.2 Å². The Hall–Kier alpha value is -2.66. The lowest BCUT2D eigenvalue weighted by atomic mass is 10.1. The molecule has 11 heteroatoms. The van der Waals surface area contributed by atoms with Gasteiger partial charge in [0, 0.05) is 44.0 Å². The number of alkyl halides is 2. The van der Waals surface area contributed by atoms with Crippen LogP contribution < -0.4 is 17.2 Å². The zero-order chi connectivity index (χ0) is 18.5. The van der Waals surface area contributed by atoms with Gasteiger partial charge in [-0.05, 0) is 6.07 Å². The van der Waals surface area contributed by atoms with Crippen molar-refractivity contribution in [3.05, 3.63) is 40.2 Å². The molecule has 1 fully saturated rings. The molecule has 2 aromatic rings. The summed E-state index contributed by atoms with van der Waals surface area (Å²) in [4.78, 5) is 25.4. The van der Waals surface area contributed by atoms with Gasteiger partial charge >= 0.3 is 5.69 Å². The molecule has 0 spiro atoms. The number of ether oxygens (including phenoxy) is 1. The van der Waals surface area contributed by atoms with Crippen LogP contribution in [-0.4, -0.2) is 43.0 Å². The first-order valence-electron chi connectivity index (χ1n) is 8.02. The molecule has 4 heterocycles. The molecule has 0 aliphatic carbocycles. The number of nitrogens with two attached hydrogens (primary N) is 2. The molecule has 0 saturated carbocycles. The second-order valence-electron chi connectivity index (χ2n) is 6.49. The fraction of sp³-hybridized carbons (Fsp3) is 0.467. The Morgan fingerprint density at radius 3 is 2.88 bits per heavy atom. The topological polar surface area (TPSA) is 125 Å². The van der Waals surface area contributed by atoms with Gasteiger partial charge in [0.15, 0.2) is 0 Å². The third-order valence-electron chi connectivity index (χ3n) is 4.49. The second kappa shape index (κ2) is 5.95. The number of fused-ring (bicyclic) bond motifs is 1. The predicted molar refractivity (Wildman–Crippen MR) is 86.9 cm³/mol. The lowest BCUT2D eigenvalue weighted by Gasteiger charge is -2.21. The molecule has 0 bridgehead atoms. The van der Waals surface area contributed by atoms with Crippen LogP contribution in [0.3, 0.4) is 0 Å². The largest absolute Gasteiger partial charge is 0.383 e. The highest BCUT2D eigenvalue weighted by atomic mass is 19.3. The van der Waals surface area contributed by atoms with Crippen LogP contribution in [0, 0.1) is 0 Å². The summed E-state index contributed by atoms with van der Waals surface area (Å²) in [5.74, 6) is -3.04. The molecule has 1 saturated heterocycles. The minimum atomic E-state index is -3.19. The Balaban J connectivity index is 1.48. The van der Waals surface area contributed by atoms with Gasteiger partial charge in [-0.3, -0.25) is 9.47 Å². The number of halogens is 2. The molecule has 1 unspecified atom stereocenters. The molecule has 0 aromatic carbocycles. The summed E-state index contributed by atoms with van der Waals surface area (Å²) in [5.41, 5.74) is 11.8. The lowest BCUT2D eigenvalue weighted by molar-refractivity contribution is -0.118. The molecule has 138 valence electrons. The first-order chi connectivity index (χ1) is 12.3. The van der Waals surface area contributed by atoms with Gasteiger partial charge in [0.1, 0.15) is 5.82 Å². The van der Waals surface area contributed by atoms with Crippen molar-refractivity contribution >= 4 is 11.8 Å². The molecular weight excluding hydrogens is 348 g/mol. The van der Waals surface area contributed by atoms with E-state index < -0.39 is 30.4 Å². The summed E-state index contributed by atoms with van der Waals surface area (Å²) < 4.78 is 35.1. The van der Waals surface area contributed by atoms with E-state index in [0.717, 1.165) is 15.8 Å². The average Bonchev–Trinajstić information content (AvgIpc) is 3.06. The summed E-state index contributed by atoms with van der Waals surface area (Å²) in [5, 5.41) is 0. The van der Waals surface area contributed by atoms with Crippen LogP contribution in [0.4, 0.5) is 20.5 Å². The highest BCUT2D eigenvalue weighted by molar-refractivity contribution is 5.28. The summed E-state index contributed by atoms with van der Waals surface area (Å²) in [6.07, 6.45) is -0.109. The fourth-order valence-electron chi connectivity index (χ4n) is 3.37. The number of nitrogen functional groups attached to an aromatic ring is 2. The van der Waals surface area contributed by atoms with Crippen LogP contribution in [0.2, 0.25) is 0 Å². The van der Waals surface area contributed by atoms with Crippen molar-refractivity contribution in [1.29, 1.82) is 0 Å². The molecule has 26 heavy (non-hydrogen) atoms. The van der Waals surface area contributed by atoms with Crippen LogP contribution in [-0.2, 0) is 17.8 Å². The van der Waals surface area contributed by atoms with Crippen LogP contribution in [0.5, 0.6) is 0 Å². The Bertz CT molecular complexity index is 904. The average molecular weight is 365 g/mol. The minimum absolute atomic E-state index is 0.0284. The third-order valence-corrected chi connectivity index (χ3v) is 4.49. The van der Waals surface area contributed by atoms with E-state index in [1.165, 1.54) is 12.3 Å². The first kappa shape index (κ1) is 16.8. The van der Waals surface area contributed by atoms with Crippen molar-refractivity contribution in [3.8, 4) is 0 Å². The fourth-order valence-corrected chi connectivity index (χ4v) is 3.37. The van der Waals surface area contributed by atoms with Gasteiger partial charge in [0.05, 0.1) is 11.8 Å². The van der Waals surface area contributed by atoms with Gasteiger partial charge in [-0.2, -0.15) is 4.98 Å². The Kier molecular flexibility index (Phi) is 3.84. The van der Waals surface area contributed by atoms with Crippen LogP contribution in [0.25, 0.3) is 0 Å². The molecule has 0 radical (unpaired) electrons. The summed E-state index contributed by atoms with van der Waals surface area (Å²) in [7, 11) is 0. The number of hydrogen-bond acceptors (Lipinski definition) is 8. The van der Waals surface area contributed by atoms with E-state index >= 15 is 0 Å². The summed E-state index contributed by atoms with van der Waals surface area (Å²) in [6, 6.07) is 1.29. The zero-order valence-electron chi connectivity index (χ0n) is 13.7. The molecule has 2 aliphatic rings. The number of aromatic nitrogens is 4. The highest BCUT2D eigenvalue weighted by Crippen LogP contribution is 2.42. The van der Waals surface area contributed by atoms with Crippen molar-refractivity contribution < 1.29 is 13.5 Å². The molecule has 2 atom stereocenters. The van der Waals surface area contributed by atoms with Crippen molar-refractivity contribution in [2.45, 2.75) is 37.8 Å². The third kappa shape index (κ3) is 2.99. The van der Waals surface area contributed by atoms with Crippen molar-refractivity contribution in [2.75, 3.05) is 18.0 Å². The zero-order valence-corrected chi connectivity index (χ0v) is 13.7. The maximum absolute atomic E-state index is 14.4. The molecule has 0 amide bonds. The quantitative estimate of drug-likeness (QED) is 0.787. The van der Waals surface area contributed by atoms with Crippen molar-refractivity contribution in [2.24, 2.45) is 0 Å². The van der Waals surface area contributed by atoms with E-state index in [1.54, 1.807) is 6.20 Å². The molecular formula is C15H17F2N7O2. The summed E-state index contributed by atoms with van der Waals surface area (Å²) in [6.45, 7) is 1.30. The highest BCUT2D eigenvalue weighted by Gasteiger charge is 2.52. The molecule has 2 aliphatic heterocycles. The summed E-state index contributed by atoms with van der Waals surface area (Å²) >= 11 is 0. The van der Waals surface area contributed by atoms with E-state index in [2.05, 4.69) is 15.0 Å². The van der Waals surface area contributed by atoms with Gasteiger partial charge < -0.3 is 16.2 Å². The van der Waals surface area contributed by atoms with Crippen LogP contribution in [0.15, 0.2) is 23.3 Å². The standard InChI is InChI=1S/C15H17F2N7O2/c16-15(17)3-9(26-12(15)24-2-1-11(18)22-14(24)25)6-23-5-8-4-20-13(19)21-10(8)7-23/h1-2,4,9,12H,3,5-7H2,(H2,18,22,25)(H2,19,20,21)/t9?,12-/m1/s1. The Morgan fingerprint density at radius 2 is 2.12 bits per heavy atom. The smallest absolute Gasteiger partial charge is 0.351 e. The van der Waals surface area contributed by atoms with Crippen LogP contribution in [0.1, 0.15) is 23.9 Å². The molecule has 4 N–H and O–H groups in total. The van der Waals surface area contributed by atoms with Gasteiger partial charge in [-0.1, -0.05) is 0 Å². The second-order valence-corrected chi connectivity index (χ2v) is 6.49. The van der Waals surface area contributed by atoms with E-state index in [1.807, 2.05) is 4.90 Å². The number of hydrogen-bond donors (Lipinski definition) is 2. The van der Waals surface area contributed by atoms with Gasteiger partial charge in [0.2, 0.25) is 12.2 Å². The number of nitrogens with zero attached hydrogens (tertiary/aromatic N) is 5. The number of anilines is 2. The van der Waals surface area contributed by atoms with Crippen molar-refractivity contribution in [3.63, 3.8) is 0 Å². The van der Waals surface area contributed by atoms with Crippen LogP contribution >= 0.6 is 0 Å². The van der Waals surface area contributed by atoms with E-state index in [0.29, 0.717) is 13.1 Å². The Morgan fingerprint density at radius 1 is 1.31 bits per heavy atom. The van der Waals surface area contributed by atoms with Crippen molar-refractivity contribution in [1.82, 2.24) is 24.4 Å². The van der Waals surface area contributed by atoms with Gasteiger partial charge in [0.25, 0.3) is 5.92 Å². The maximum Gasteiger partial charge on any atom is 0.351 e. The minimum Gasteiger partial charge on any atom is -0.383 e.